The molecule has 37 heavy (non-hydrogen) atoms. The van der Waals surface area contributed by atoms with E-state index in [4.69, 9.17) is 4.74 Å². The quantitative estimate of drug-likeness (QED) is 0.157. The molecular formula is C24H29N5O6S2. The monoisotopic (exact) mass is 547 g/mol. The first-order valence-electron chi connectivity index (χ1n) is 11.3. The van der Waals surface area contributed by atoms with E-state index < -0.39 is 35.8 Å². The summed E-state index contributed by atoms with van der Waals surface area (Å²) in [6.07, 6.45) is 8.48. The number of rotatable bonds is 6. The maximum Gasteiger partial charge on any atom is 0.333 e. The Kier molecular flexibility index (Phi) is 12.0. The molecule has 2 heterocycles. The van der Waals surface area contributed by atoms with Crippen LogP contribution in [0.2, 0.25) is 0 Å². The van der Waals surface area contributed by atoms with E-state index in [0.717, 1.165) is 11.8 Å². The van der Waals surface area contributed by atoms with Crippen LogP contribution >= 0.6 is 23.5 Å². The van der Waals surface area contributed by atoms with Crippen molar-refractivity contribution < 1.29 is 28.7 Å². The Balaban J connectivity index is 2.37. The van der Waals surface area contributed by atoms with Crippen LogP contribution in [-0.4, -0.2) is 62.9 Å². The fourth-order valence-electron chi connectivity index (χ4n) is 3.01. The number of thioether (sulfide) groups is 2. The second-order valence-corrected chi connectivity index (χ2v) is 9.68. The number of cyclic esters (lactones) is 1. The molecule has 1 aromatic heterocycles. The van der Waals surface area contributed by atoms with Crippen LogP contribution in [0.4, 0.5) is 0 Å². The summed E-state index contributed by atoms with van der Waals surface area (Å²) in [7, 11) is 0. The number of amides is 3. The number of ether oxygens (including phenoxy) is 1. The van der Waals surface area contributed by atoms with Crippen LogP contribution in [0.5, 0.6) is 0 Å². The third-order valence-electron chi connectivity index (χ3n) is 4.86. The van der Waals surface area contributed by atoms with E-state index in [1.165, 1.54) is 37.0 Å². The van der Waals surface area contributed by atoms with Crippen LogP contribution in [0, 0.1) is 0 Å². The minimum atomic E-state index is -1.25. The molecule has 11 nitrogen and oxygen atoms in total. The number of carbonyl (C=O) groups excluding carboxylic acids is 5. The molecule has 3 N–H and O–H groups in total. The number of allylic oxidation sites excluding steroid dienone is 2. The van der Waals surface area contributed by atoms with Crippen LogP contribution in [0.15, 0.2) is 47.7 Å². The summed E-state index contributed by atoms with van der Waals surface area (Å²) in [6.45, 7) is 6.58. The molecule has 13 heteroatoms. The third kappa shape index (κ3) is 9.50. The van der Waals surface area contributed by atoms with E-state index in [-0.39, 0.29) is 29.6 Å². The molecule has 0 radical (unpaired) electrons. The van der Waals surface area contributed by atoms with E-state index in [1.54, 1.807) is 25.3 Å². The molecule has 0 spiro atoms. The van der Waals surface area contributed by atoms with Gasteiger partial charge in [-0.2, -0.15) is 0 Å². The van der Waals surface area contributed by atoms with Crippen molar-refractivity contribution in [2.24, 2.45) is 0 Å². The lowest BCUT2D eigenvalue weighted by molar-refractivity contribution is -0.150. The minimum absolute atomic E-state index is 0.00365. The van der Waals surface area contributed by atoms with Crippen LogP contribution < -0.4 is 16.0 Å². The molecule has 0 aromatic carbocycles. The van der Waals surface area contributed by atoms with Crippen molar-refractivity contribution in [1.82, 2.24) is 25.9 Å². The van der Waals surface area contributed by atoms with Crippen molar-refractivity contribution in [1.29, 1.82) is 0 Å². The topological polar surface area (TPSA) is 156 Å². The Labute approximate surface area is 223 Å². The molecule has 0 aliphatic carbocycles. The van der Waals surface area contributed by atoms with Crippen molar-refractivity contribution in [3.63, 3.8) is 0 Å². The highest BCUT2D eigenvalue weighted by Crippen LogP contribution is 2.18. The molecule has 2 rings (SSSR count). The molecule has 2 atom stereocenters. The smallest absolute Gasteiger partial charge is 0.333 e. The summed E-state index contributed by atoms with van der Waals surface area (Å²) in [5.41, 5.74) is 0.292. The minimum Gasteiger partial charge on any atom is -0.456 e. The lowest BCUT2D eigenvalue weighted by Crippen LogP contribution is -2.45. The highest BCUT2D eigenvalue weighted by Gasteiger charge is 2.26. The van der Waals surface area contributed by atoms with E-state index in [2.05, 4.69) is 32.5 Å². The van der Waals surface area contributed by atoms with Gasteiger partial charge >= 0.3 is 5.97 Å². The summed E-state index contributed by atoms with van der Waals surface area (Å²) in [6, 6.07) is -1.25. The van der Waals surface area contributed by atoms with Crippen molar-refractivity contribution in [3.8, 4) is 0 Å². The molecule has 1 aliphatic rings. The van der Waals surface area contributed by atoms with Crippen LogP contribution in [-0.2, 0) is 30.5 Å². The Morgan fingerprint density at radius 1 is 1.27 bits per heavy atom. The number of fused-ring (bicyclic) bond motifs is 2. The number of hydrogen-bond donors (Lipinski definition) is 3. The van der Waals surface area contributed by atoms with E-state index in [9.17, 15) is 24.0 Å². The zero-order valence-electron chi connectivity index (χ0n) is 20.7. The third-order valence-corrected chi connectivity index (χ3v) is 6.49. The summed E-state index contributed by atoms with van der Waals surface area (Å²) >= 11 is 2.50. The molecule has 0 saturated carbocycles. The van der Waals surface area contributed by atoms with Crippen LogP contribution in [0.1, 0.15) is 43.0 Å². The van der Waals surface area contributed by atoms with Gasteiger partial charge in [-0.3, -0.25) is 19.2 Å². The molecule has 0 saturated heterocycles. The van der Waals surface area contributed by atoms with Crippen LogP contribution in [0.25, 0.3) is 0 Å². The first kappa shape index (κ1) is 29.8. The number of esters is 1. The molecule has 2 bridgehead atoms. The Morgan fingerprint density at radius 2 is 2.03 bits per heavy atom. The van der Waals surface area contributed by atoms with Gasteiger partial charge in [0.25, 0.3) is 11.8 Å². The van der Waals surface area contributed by atoms with Gasteiger partial charge < -0.3 is 20.7 Å². The van der Waals surface area contributed by atoms with Gasteiger partial charge in [0.05, 0.1) is 18.7 Å². The lowest BCUT2D eigenvalue weighted by atomic mass is 10.2. The fraction of sp³-hybridized carbons (Fsp3) is 0.375. The maximum atomic E-state index is 12.8. The summed E-state index contributed by atoms with van der Waals surface area (Å²) in [5.74, 6) is -2.41. The number of carbonyl (C=O) groups is 5. The number of nitrogens with one attached hydrogen (secondary N) is 3. The van der Waals surface area contributed by atoms with Crippen molar-refractivity contribution in [2.45, 2.75) is 50.3 Å². The predicted octanol–water partition coefficient (Wildman–Crippen LogP) is 1.66. The first-order valence-corrected chi connectivity index (χ1v) is 13.5. The maximum absolute atomic E-state index is 12.8. The van der Waals surface area contributed by atoms with Crippen molar-refractivity contribution in [3.05, 3.63) is 54.3 Å². The molecular weight excluding hydrogens is 518 g/mol. The summed E-state index contributed by atoms with van der Waals surface area (Å²) in [4.78, 5) is 71.0. The second kappa shape index (κ2) is 15.0. The molecule has 0 unspecified atom stereocenters. The van der Waals surface area contributed by atoms with Crippen LogP contribution in [0.3, 0.4) is 0 Å². The van der Waals surface area contributed by atoms with Gasteiger partial charge in [-0.25, -0.2) is 14.8 Å². The Bertz CT molecular complexity index is 1120. The van der Waals surface area contributed by atoms with Gasteiger partial charge in [0.2, 0.25) is 11.7 Å². The highest BCUT2D eigenvalue weighted by atomic mass is 32.2. The SMILES string of the molecule is C=C[C@@H]1NC(=O)/C(=C/C)NC(=O)c2ncc(SC)c(n2)CNC(=O)C[C@@H](/C=C/CCSC(C)=O)OC1=O. The van der Waals surface area contributed by atoms with E-state index >= 15 is 0 Å². The Hall–Kier alpha value is -3.45. The van der Waals surface area contributed by atoms with Gasteiger partial charge in [0, 0.05) is 23.8 Å². The van der Waals surface area contributed by atoms with Gasteiger partial charge in [-0.1, -0.05) is 30.0 Å². The van der Waals surface area contributed by atoms with Gasteiger partial charge in [-0.15, -0.1) is 18.3 Å². The predicted molar refractivity (Wildman–Crippen MR) is 140 cm³/mol. The zero-order chi connectivity index (χ0) is 27.4. The first-order chi connectivity index (χ1) is 17.7. The summed E-state index contributed by atoms with van der Waals surface area (Å²) < 4.78 is 5.50. The number of hydrogen-bond acceptors (Lipinski definition) is 10. The fourth-order valence-corrected chi connectivity index (χ4v) is 4.06. The molecule has 1 aliphatic heterocycles. The van der Waals surface area contributed by atoms with E-state index in [1.807, 2.05) is 0 Å². The van der Waals surface area contributed by atoms with Crippen molar-refractivity contribution in [2.75, 3.05) is 12.0 Å². The molecule has 0 fully saturated rings. The molecule has 198 valence electrons. The second-order valence-electron chi connectivity index (χ2n) is 7.57. The van der Waals surface area contributed by atoms with Crippen molar-refractivity contribution >= 4 is 52.3 Å². The highest BCUT2D eigenvalue weighted by molar-refractivity contribution is 8.13. The molecule has 3 amide bonds. The number of aromatic nitrogens is 2. The van der Waals surface area contributed by atoms with Gasteiger partial charge in [-0.05, 0) is 25.7 Å². The largest absolute Gasteiger partial charge is 0.456 e. The zero-order valence-corrected chi connectivity index (χ0v) is 22.4. The average molecular weight is 548 g/mol. The van der Waals surface area contributed by atoms with Gasteiger partial charge in [0.15, 0.2) is 5.12 Å². The number of nitrogens with zero attached hydrogens (tertiary/aromatic N) is 2. The molecule has 1 aromatic rings. The standard InChI is InChI=1S/C24H29N5O6S2/c1-5-16-22(32)29-17(6-2)24(34)35-15(9-7-8-10-37-14(3)30)11-20(31)25-12-18-19(36-4)13-26-21(27-18)23(33)28-16/h5-7,9,13,15,17H,2,8,10-12H2,1,3-4H3,(H,25,31)(H,28,33)(H,29,32)/b9-7+,16-5-/t15-,17+/m1/s1. The van der Waals surface area contributed by atoms with Gasteiger partial charge in [0.1, 0.15) is 17.8 Å². The normalized spacial score (nSPS) is 20.7. The van der Waals surface area contributed by atoms with E-state index in [0.29, 0.717) is 22.8 Å². The average Bonchev–Trinajstić information content (AvgIpc) is 2.87. The summed E-state index contributed by atoms with van der Waals surface area (Å²) in [5, 5.41) is 7.59. The Morgan fingerprint density at radius 3 is 2.68 bits per heavy atom. The lowest BCUT2D eigenvalue weighted by Gasteiger charge is -2.20.